The second-order valence-electron chi connectivity index (χ2n) is 11.8. The zero-order valence-electron chi connectivity index (χ0n) is 24.3. The van der Waals surface area contributed by atoms with Gasteiger partial charge in [0.1, 0.15) is 0 Å². The zero-order valence-corrected chi connectivity index (χ0v) is 25.1. The highest BCUT2D eigenvalue weighted by atomic mass is 32.1. The minimum atomic E-state index is 1.18. The lowest BCUT2D eigenvalue weighted by Gasteiger charge is -2.12. The normalized spacial score (nSPS) is 12.0. The highest BCUT2D eigenvalue weighted by molar-refractivity contribution is 7.26. The number of hydrogen-bond donors (Lipinski definition) is 0. The lowest BCUT2D eigenvalue weighted by Crippen LogP contribution is -1.95. The molecule has 7 aromatic carbocycles. The van der Waals surface area contributed by atoms with Crippen LogP contribution in [0.25, 0.3) is 86.3 Å². The molecular weight excluding hydrogens is 565 g/mol. The molecule has 0 aliphatic rings. The van der Waals surface area contributed by atoms with Gasteiger partial charge in [0.25, 0.3) is 0 Å². The van der Waals surface area contributed by atoms with E-state index in [2.05, 4.69) is 167 Å². The van der Waals surface area contributed by atoms with E-state index in [4.69, 9.17) is 0 Å². The van der Waals surface area contributed by atoms with Crippen molar-refractivity contribution in [2.24, 2.45) is 0 Å². The van der Waals surface area contributed by atoms with Gasteiger partial charge in [-0.05, 0) is 60.2 Å². The van der Waals surface area contributed by atoms with Gasteiger partial charge < -0.3 is 9.13 Å². The second-order valence-corrected chi connectivity index (χ2v) is 12.8. The van der Waals surface area contributed by atoms with Crippen LogP contribution in [0.4, 0.5) is 0 Å². The minimum Gasteiger partial charge on any atom is -0.309 e. The first-order valence-corrected chi connectivity index (χ1v) is 16.2. The largest absolute Gasteiger partial charge is 0.309 e. The molecule has 0 atom stereocenters. The number of thiophene rings is 1. The molecule has 0 N–H and O–H groups in total. The Bertz CT molecular complexity index is 2650. The quantitative estimate of drug-likeness (QED) is 0.194. The lowest BCUT2D eigenvalue weighted by atomic mass is 10.0. The van der Waals surface area contributed by atoms with Gasteiger partial charge in [0.05, 0.1) is 22.1 Å². The van der Waals surface area contributed by atoms with Crippen molar-refractivity contribution in [3.8, 4) is 22.5 Å². The molecule has 0 amide bonds. The first-order chi connectivity index (χ1) is 22.3. The summed E-state index contributed by atoms with van der Waals surface area (Å²) in [6, 6.07) is 57.7. The molecule has 0 saturated heterocycles. The molecule has 210 valence electrons. The first-order valence-electron chi connectivity index (χ1n) is 15.4. The molecule has 0 radical (unpaired) electrons. The van der Waals surface area contributed by atoms with E-state index in [0.29, 0.717) is 0 Å². The predicted molar refractivity (Wildman–Crippen MR) is 193 cm³/mol. The maximum absolute atomic E-state index is 2.44. The van der Waals surface area contributed by atoms with Gasteiger partial charge in [-0.3, -0.25) is 0 Å². The van der Waals surface area contributed by atoms with Crippen molar-refractivity contribution in [3.05, 3.63) is 158 Å². The van der Waals surface area contributed by atoms with Gasteiger partial charge in [-0.15, -0.1) is 11.3 Å². The Kier molecular flexibility index (Phi) is 5.19. The molecule has 45 heavy (non-hydrogen) atoms. The maximum Gasteiger partial charge on any atom is 0.0541 e. The van der Waals surface area contributed by atoms with Crippen LogP contribution in [0.2, 0.25) is 0 Å². The van der Waals surface area contributed by atoms with Crippen LogP contribution in [0.5, 0.6) is 0 Å². The van der Waals surface area contributed by atoms with Crippen LogP contribution in [-0.2, 0) is 0 Å². The molecule has 3 heterocycles. The van der Waals surface area contributed by atoms with E-state index in [9.17, 15) is 0 Å². The minimum absolute atomic E-state index is 1.18. The van der Waals surface area contributed by atoms with E-state index in [0.717, 1.165) is 0 Å². The van der Waals surface area contributed by atoms with Gasteiger partial charge in [0.2, 0.25) is 0 Å². The third kappa shape index (κ3) is 3.56. The van der Waals surface area contributed by atoms with Crippen molar-refractivity contribution >= 4 is 75.1 Å². The van der Waals surface area contributed by atoms with Crippen molar-refractivity contribution in [2.75, 3.05) is 0 Å². The summed E-state index contributed by atoms with van der Waals surface area (Å²) in [5, 5.41) is 7.69. The van der Waals surface area contributed by atoms with Crippen LogP contribution in [0, 0.1) is 0 Å². The van der Waals surface area contributed by atoms with Crippen molar-refractivity contribution in [2.45, 2.75) is 0 Å². The van der Waals surface area contributed by atoms with Crippen LogP contribution < -0.4 is 0 Å². The Morgan fingerprint density at radius 3 is 1.38 bits per heavy atom. The smallest absolute Gasteiger partial charge is 0.0541 e. The monoisotopic (exact) mass is 590 g/mol. The van der Waals surface area contributed by atoms with E-state index in [1.165, 1.54) is 86.3 Å². The summed E-state index contributed by atoms with van der Waals surface area (Å²) < 4.78 is 7.48. The van der Waals surface area contributed by atoms with E-state index < -0.39 is 0 Å². The highest BCUT2D eigenvalue weighted by Gasteiger charge is 2.18. The summed E-state index contributed by atoms with van der Waals surface area (Å²) >= 11 is 1.89. The standard InChI is InChI=1S/C42H26N2S/c1-2-12-27(13-3-1)34-25-29(44-39-20-10-6-16-32(39)33-17-7-11-21-40(33)44)26-36-35-24-28(22-23-41(35)45-42(34)36)43-37-18-8-4-14-30(37)31-15-5-9-19-38(31)43/h1-26H. The summed E-state index contributed by atoms with van der Waals surface area (Å²) in [5.41, 5.74) is 9.78. The summed E-state index contributed by atoms with van der Waals surface area (Å²) in [5.74, 6) is 0. The fourth-order valence-electron chi connectivity index (χ4n) is 7.35. The Labute approximate surface area is 263 Å². The molecule has 0 aliphatic heterocycles. The predicted octanol–water partition coefficient (Wildman–Crippen LogP) is 11.9. The molecule has 3 heteroatoms. The molecule has 0 saturated carbocycles. The summed E-state index contributed by atoms with van der Waals surface area (Å²) in [4.78, 5) is 0. The number of fused-ring (bicyclic) bond motifs is 9. The van der Waals surface area contributed by atoms with Crippen LogP contribution >= 0.6 is 11.3 Å². The summed E-state index contributed by atoms with van der Waals surface area (Å²) in [6.07, 6.45) is 0. The molecule has 10 aromatic rings. The Morgan fingerprint density at radius 1 is 0.356 bits per heavy atom. The number of aromatic nitrogens is 2. The van der Waals surface area contributed by atoms with Gasteiger partial charge in [-0.1, -0.05) is 103 Å². The van der Waals surface area contributed by atoms with Gasteiger partial charge in [0.15, 0.2) is 0 Å². The van der Waals surface area contributed by atoms with E-state index in [-0.39, 0.29) is 0 Å². The topological polar surface area (TPSA) is 9.86 Å². The third-order valence-electron chi connectivity index (χ3n) is 9.30. The molecule has 0 aliphatic carbocycles. The average Bonchev–Trinajstić information content (AvgIpc) is 3.76. The number of para-hydroxylation sites is 4. The summed E-state index contributed by atoms with van der Waals surface area (Å²) in [6.45, 7) is 0. The number of nitrogens with zero attached hydrogens (tertiary/aromatic N) is 2. The first kappa shape index (κ1) is 24.8. The Morgan fingerprint density at radius 2 is 0.822 bits per heavy atom. The molecule has 0 bridgehead atoms. The van der Waals surface area contributed by atoms with Gasteiger partial charge in [0, 0.05) is 58.7 Å². The molecule has 3 aromatic heterocycles. The van der Waals surface area contributed by atoms with Crippen molar-refractivity contribution in [1.82, 2.24) is 9.13 Å². The van der Waals surface area contributed by atoms with Crippen molar-refractivity contribution in [1.29, 1.82) is 0 Å². The molecule has 2 nitrogen and oxygen atoms in total. The fraction of sp³-hybridized carbons (Fsp3) is 0. The molecule has 0 spiro atoms. The lowest BCUT2D eigenvalue weighted by molar-refractivity contribution is 1.18. The third-order valence-corrected chi connectivity index (χ3v) is 10.5. The number of rotatable bonds is 3. The van der Waals surface area contributed by atoms with Crippen LogP contribution in [0.1, 0.15) is 0 Å². The van der Waals surface area contributed by atoms with Crippen LogP contribution in [0.3, 0.4) is 0 Å². The van der Waals surface area contributed by atoms with Crippen LogP contribution in [0.15, 0.2) is 158 Å². The number of benzene rings is 7. The zero-order chi connectivity index (χ0) is 29.5. The average molecular weight is 591 g/mol. The Balaban J connectivity index is 1.31. The maximum atomic E-state index is 2.44. The summed E-state index contributed by atoms with van der Waals surface area (Å²) in [7, 11) is 0. The van der Waals surface area contributed by atoms with Crippen molar-refractivity contribution in [3.63, 3.8) is 0 Å². The Hall–Kier alpha value is -5.64. The number of hydrogen-bond acceptors (Lipinski definition) is 1. The second kappa shape index (κ2) is 9.43. The molecular formula is C42H26N2S. The highest BCUT2D eigenvalue weighted by Crippen LogP contribution is 2.44. The van der Waals surface area contributed by atoms with E-state index >= 15 is 0 Å². The molecule has 0 fully saturated rings. The fourth-order valence-corrected chi connectivity index (χ4v) is 8.55. The SMILES string of the molecule is c1ccc(-c2cc(-n3c4ccccc4c4ccccc43)cc3c2sc2ccc(-n4c5ccccc5c5ccccc54)cc23)cc1. The van der Waals surface area contributed by atoms with Crippen molar-refractivity contribution < 1.29 is 0 Å². The van der Waals surface area contributed by atoms with Gasteiger partial charge >= 0.3 is 0 Å². The molecule has 10 rings (SSSR count). The van der Waals surface area contributed by atoms with Gasteiger partial charge in [-0.25, -0.2) is 0 Å². The van der Waals surface area contributed by atoms with Crippen LogP contribution in [-0.4, -0.2) is 9.13 Å². The molecule has 0 unspecified atom stereocenters. The van der Waals surface area contributed by atoms with E-state index in [1.54, 1.807) is 0 Å². The van der Waals surface area contributed by atoms with E-state index in [1.807, 2.05) is 11.3 Å². The van der Waals surface area contributed by atoms with Gasteiger partial charge in [-0.2, -0.15) is 0 Å².